The number of fused-ring (bicyclic) bond motifs is 1. The van der Waals surface area contributed by atoms with Gasteiger partial charge in [-0.2, -0.15) is 0 Å². The Morgan fingerprint density at radius 2 is 1.86 bits per heavy atom. The van der Waals surface area contributed by atoms with E-state index < -0.39 is 0 Å². The Morgan fingerprint density at radius 1 is 1.18 bits per heavy atom. The molecule has 0 aliphatic heterocycles. The van der Waals surface area contributed by atoms with Gasteiger partial charge in [0, 0.05) is 30.9 Å². The number of rotatable bonds is 3. The summed E-state index contributed by atoms with van der Waals surface area (Å²) >= 11 is 9.31. The Morgan fingerprint density at radius 3 is 2.45 bits per heavy atom. The van der Waals surface area contributed by atoms with Gasteiger partial charge in [-0.3, -0.25) is 4.79 Å². The zero-order valence-corrected chi connectivity index (χ0v) is 15.1. The molecule has 22 heavy (non-hydrogen) atoms. The number of carbonyl (C=O) groups is 1. The fourth-order valence-electron chi connectivity index (χ4n) is 1.97. The summed E-state index contributed by atoms with van der Waals surface area (Å²) in [5, 5.41) is 6.37. The minimum absolute atomic E-state index is 0. The SMILES string of the molecule is CN(C)c1ccc(NC(=O)c2sc3sccc3c2Cl)cc1.Cl. The summed E-state index contributed by atoms with van der Waals surface area (Å²) in [7, 11) is 3.96. The summed E-state index contributed by atoms with van der Waals surface area (Å²) < 4.78 is 1.08. The lowest BCUT2D eigenvalue weighted by Gasteiger charge is -2.12. The third kappa shape index (κ3) is 3.22. The second-order valence-electron chi connectivity index (χ2n) is 4.76. The molecule has 2 heterocycles. The minimum atomic E-state index is -0.161. The van der Waals surface area contributed by atoms with Gasteiger partial charge in [-0.25, -0.2) is 0 Å². The summed E-state index contributed by atoms with van der Waals surface area (Å²) in [4.78, 5) is 14.9. The van der Waals surface area contributed by atoms with Crippen LogP contribution in [0.4, 0.5) is 11.4 Å². The van der Waals surface area contributed by atoms with E-state index in [0.717, 1.165) is 20.8 Å². The molecule has 1 amide bonds. The molecule has 0 unspecified atom stereocenters. The van der Waals surface area contributed by atoms with E-state index in [-0.39, 0.29) is 18.3 Å². The zero-order valence-electron chi connectivity index (χ0n) is 11.9. The van der Waals surface area contributed by atoms with Gasteiger partial charge in [-0.05, 0) is 35.7 Å². The molecule has 0 saturated heterocycles. The number of hydrogen-bond donors (Lipinski definition) is 1. The number of benzene rings is 1. The Balaban J connectivity index is 0.00000176. The summed E-state index contributed by atoms with van der Waals surface area (Å²) in [6, 6.07) is 9.64. The predicted molar refractivity (Wildman–Crippen MR) is 101 cm³/mol. The van der Waals surface area contributed by atoms with Crippen molar-refractivity contribution in [3.8, 4) is 0 Å². The van der Waals surface area contributed by atoms with Crippen LogP contribution in [0, 0.1) is 0 Å². The lowest BCUT2D eigenvalue weighted by Crippen LogP contribution is -2.11. The maximum absolute atomic E-state index is 12.3. The van der Waals surface area contributed by atoms with Crippen LogP contribution in [0.3, 0.4) is 0 Å². The van der Waals surface area contributed by atoms with E-state index in [4.69, 9.17) is 11.6 Å². The number of amides is 1. The molecule has 0 spiro atoms. The highest BCUT2D eigenvalue weighted by atomic mass is 35.5. The van der Waals surface area contributed by atoms with Crippen molar-refractivity contribution in [2.75, 3.05) is 24.3 Å². The van der Waals surface area contributed by atoms with Crippen LogP contribution in [0.2, 0.25) is 5.02 Å². The molecule has 116 valence electrons. The first-order valence-electron chi connectivity index (χ1n) is 6.30. The van der Waals surface area contributed by atoms with Crippen molar-refractivity contribution in [1.82, 2.24) is 0 Å². The van der Waals surface area contributed by atoms with E-state index >= 15 is 0 Å². The van der Waals surface area contributed by atoms with Gasteiger partial charge in [0.05, 0.1) is 9.04 Å². The number of hydrogen-bond acceptors (Lipinski definition) is 4. The lowest BCUT2D eigenvalue weighted by atomic mass is 10.2. The molecule has 7 heteroatoms. The number of nitrogens with zero attached hydrogens (tertiary/aromatic N) is 1. The van der Waals surface area contributed by atoms with Crippen molar-refractivity contribution in [3.05, 3.63) is 45.6 Å². The van der Waals surface area contributed by atoms with Gasteiger partial charge in [0.1, 0.15) is 4.88 Å². The molecule has 0 atom stereocenters. The normalized spacial score (nSPS) is 10.3. The van der Waals surface area contributed by atoms with Gasteiger partial charge >= 0.3 is 0 Å². The van der Waals surface area contributed by atoms with Crippen LogP contribution in [0.5, 0.6) is 0 Å². The molecule has 3 nitrogen and oxygen atoms in total. The third-order valence-electron chi connectivity index (χ3n) is 3.11. The fourth-order valence-corrected chi connectivity index (χ4v) is 4.49. The van der Waals surface area contributed by atoms with Crippen molar-refractivity contribution in [2.45, 2.75) is 0 Å². The maximum Gasteiger partial charge on any atom is 0.267 e. The average molecular weight is 373 g/mol. The average Bonchev–Trinajstić information content (AvgIpc) is 3.03. The zero-order chi connectivity index (χ0) is 15.0. The van der Waals surface area contributed by atoms with Crippen molar-refractivity contribution in [3.63, 3.8) is 0 Å². The van der Waals surface area contributed by atoms with E-state index in [0.29, 0.717) is 9.90 Å². The van der Waals surface area contributed by atoms with Crippen LogP contribution in [-0.2, 0) is 0 Å². The van der Waals surface area contributed by atoms with Gasteiger partial charge in [0.15, 0.2) is 0 Å². The predicted octanol–water partition coefficient (Wildman–Crippen LogP) is 5.36. The van der Waals surface area contributed by atoms with Crippen LogP contribution in [0.1, 0.15) is 9.67 Å². The van der Waals surface area contributed by atoms with Crippen molar-refractivity contribution in [1.29, 1.82) is 0 Å². The first-order valence-corrected chi connectivity index (χ1v) is 8.38. The lowest BCUT2D eigenvalue weighted by molar-refractivity contribution is 0.103. The van der Waals surface area contributed by atoms with E-state index in [1.807, 2.05) is 54.7 Å². The highest BCUT2D eigenvalue weighted by Crippen LogP contribution is 2.38. The van der Waals surface area contributed by atoms with Crippen molar-refractivity contribution < 1.29 is 4.79 Å². The standard InChI is InChI=1S/C15H13ClN2OS2.ClH/c1-18(2)10-5-3-9(4-6-10)17-14(19)13-12(16)11-7-8-20-15(11)21-13;/h3-8H,1-2H3,(H,17,19);1H. The topological polar surface area (TPSA) is 32.3 Å². The summed E-state index contributed by atoms with van der Waals surface area (Å²) in [5.74, 6) is -0.161. The van der Waals surface area contributed by atoms with Crippen molar-refractivity contribution in [2.24, 2.45) is 0 Å². The second-order valence-corrected chi connectivity index (χ2v) is 7.34. The molecule has 1 aromatic carbocycles. The number of anilines is 2. The number of carbonyl (C=O) groups excluding carboxylic acids is 1. The summed E-state index contributed by atoms with van der Waals surface area (Å²) in [6.45, 7) is 0. The molecule has 0 fully saturated rings. The highest BCUT2D eigenvalue weighted by Gasteiger charge is 2.17. The van der Waals surface area contributed by atoms with Crippen LogP contribution in [0.15, 0.2) is 35.7 Å². The Labute approximate surface area is 147 Å². The monoisotopic (exact) mass is 372 g/mol. The van der Waals surface area contributed by atoms with Crippen LogP contribution < -0.4 is 10.2 Å². The van der Waals surface area contributed by atoms with Gasteiger partial charge in [0.25, 0.3) is 5.91 Å². The smallest absolute Gasteiger partial charge is 0.267 e. The first-order chi connectivity index (χ1) is 10.1. The third-order valence-corrected chi connectivity index (χ3v) is 5.86. The maximum atomic E-state index is 12.3. The Bertz CT molecular complexity index is 794. The van der Waals surface area contributed by atoms with Crippen molar-refractivity contribution >= 4 is 73.4 Å². The molecule has 0 saturated carbocycles. The van der Waals surface area contributed by atoms with Gasteiger partial charge in [0.2, 0.25) is 0 Å². The second kappa shape index (κ2) is 6.87. The van der Waals surface area contributed by atoms with E-state index in [2.05, 4.69) is 5.32 Å². The molecule has 2 aromatic heterocycles. The minimum Gasteiger partial charge on any atom is -0.378 e. The molecule has 0 aliphatic rings. The van der Waals surface area contributed by atoms with Crippen LogP contribution in [0.25, 0.3) is 9.40 Å². The molecule has 3 rings (SSSR count). The molecule has 0 radical (unpaired) electrons. The number of thiophene rings is 2. The van der Waals surface area contributed by atoms with Gasteiger partial charge in [-0.15, -0.1) is 35.1 Å². The number of nitrogens with one attached hydrogen (secondary N) is 1. The van der Waals surface area contributed by atoms with E-state index in [9.17, 15) is 4.79 Å². The quantitative estimate of drug-likeness (QED) is 0.671. The number of halogens is 2. The van der Waals surface area contributed by atoms with Gasteiger partial charge < -0.3 is 10.2 Å². The molecule has 3 aromatic rings. The molecule has 0 bridgehead atoms. The van der Waals surface area contributed by atoms with Gasteiger partial charge in [-0.1, -0.05) is 11.6 Å². The Kier molecular flexibility index (Phi) is 5.34. The Hall–Kier alpha value is -1.27. The fraction of sp³-hybridized carbons (Fsp3) is 0.133. The molecule has 0 aliphatic carbocycles. The molecule has 1 N–H and O–H groups in total. The largest absolute Gasteiger partial charge is 0.378 e. The summed E-state index contributed by atoms with van der Waals surface area (Å²) in [6.07, 6.45) is 0. The molecular formula is C15H14Cl2N2OS2. The first kappa shape index (κ1) is 17.1. The van der Waals surface area contributed by atoms with E-state index in [1.54, 1.807) is 11.3 Å². The van der Waals surface area contributed by atoms with E-state index in [1.165, 1.54) is 11.3 Å². The van der Waals surface area contributed by atoms with Crippen LogP contribution in [-0.4, -0.2) is 20.0 Å². The summed E-state index contributed by atoms with van der Waals surface area (Å²) in [5.41, 5.74) is 1.85. The highest BCUT2D eigenvalue weighted by molar-refractivity contribution is 7.38. The van der Waals surface area contributed by atoms with Crippen LogP contribution >= 0.6 is 46.7 Å². The molecular weight excluding hydrogens is 359 g/mol.